The highest BCUT2D eigenvalue weighted by Gasteiger charge is 2.36. The molecule has 0 aliphatic carbocycles. The van der Waals surface area contributed by atoms with Gasteiger partial charge in [0.05, 0.1) is 17.5 Å². The van der Waals surface area contributed by atoms with Gasteiger partial charge in [-0.2, -0.15) is 0 Å². The first-order valence-electron chi connectivity index (χ1n) is 5.54. The molecule has 2 nitrogen and oxygen atoms in total. The van der Waals surface area contributed by atoms with Crippen molar-refractivity contribution >= 4 is 11.4 Å². The predicted molar refractivity (Wildman–Crippen MR) is 66.5 cm³/mol. The number of hydrogen-bond acceptors (Lipinski definition) is 2. The van der Waals surface area contributed by atoms with Crippen LogP contribution in [0.2, 0.25) is 0 Å². The summed E-state index contributed by atoms with van der Waals surface area (Å²) >= 11 is 0. The van der Waals surface area contributed by atoms with Gasteiger partial charge < -0.3 is 9.80 Å². The van der Waals surface area contributed by atoms with Gasteiger partial charge in [0.25, 0.3) is 0 Å². The van der Waals surface area contributed by atoms with Crippen LogP contribution in [0.5, 0.6) is 0 Å². The first kappa shape index (κ1) is 10.3. The van der Waals surface area contributed by atoms with Gasteiger partial charge in [-0.15, -0.1) is 0 Å². The minimum Gasteiger partial charge on any atom is -0.353 e. The molecule has 0 bridgehead atoms. The smallest absolute Gasteiger partial charge is 0.0990 e. The number of nitrogens with zero attached hydrogens (tertiary/aromatic N) is 2. The molecule has 1 aromatic carbocycles. The zero-order valence-electron chi connectivity index (χ0n) is 10.3. The number of benzene rings is 1. The normalized spacial score (nSPS) is 20.7. The van der Waals surface area contributed by atoms with Gasteiger partial charge in [-0.3, -0.25) is 0 Å². The molecule has 2 rings (SSSR count). The zero-order valence-corrected chi connectivity index (χ0v) is 10.3. The molecule has 1 aromatic rings. The summed E-state index contributed by atoms with van der Waals surface area (Å²) in [6, 6.07) is 8.62. The molecule has 1 heterocycles. The maximum absolute atomic E-state index is 2.47. The fraction of sp³-hybridized carbons (Fsp3) is 0.538. The lowest BCUT2D eigenvalue weighted by atomic mass is 10.0. The Morgan fingerprint density at radius 2 is 1.60 bits per heavy atom. The van der Waals surface area contributed by atoms with E-state index in [9.17, 15) is 0 Å². The average Bonchev–Trinajstić information content (AvgIpc) is 2.39. The Labute approximate surface area is 92.5 Å². The van der Waals surface area contributed by atoms with Crippen molar-refractivity contribution in [1.29, 1.82) is 0 Å². The van der Waals surface area contributed by atoms with Gasteiger partial charge in [-0.05, 0) is 39.8 Å². The van der Waals surface area contributed by atoms with Crippen LogP contribution in [0.15, 0.2) is 24.3 Å². The Balaban J connectivity index is 2.52. The van der Waals surface area contributed by atoms with Crippen molar-refractivity contribution in [2.75, 3.05) is 16.8 Å². The molecule has 82 valence electrons. The largest absolute Gasteiger partial charge is 0.353 e. The van der Waals surface area contributed by atoms with E-state index in [2.05, 4.69) is 68.8 Å². The first-order chi connectivity index (χ1) is 6.93. The molecule has 0 spiro atoms. The highest BCUT2D eigenvalue weighted by Crippen LogP contribution is 2.41. The van der Waals surface area contributed by atoms with Gasteiger partial charge in [0.2, 0.25) is 0 Å². The molecule has 0 N–H and O–H groups in total. The number of para-hydroxylation sites is 2. The van der Waals surface area contributed by atoms with Crippen LogP contribution in [-0.2, 0) is 0 Å². The van der Waals surface area contributed by atoms with Crippen LogP contribution in [0.25, 0.3) is 0 Å². The van der Waals surface area contributed by atoms with Crippen LogP contribution in [0.1, 0.15) is 27.7 Å². The molecule has 1 atom stereocenters. The Bertz CT molecular complexity index is 365. The minimum absolute atomic E-state index is 0.167. The van der Waals surface area contributed by atoms with Crippen LogP contribution < -0.4 is 9.80 Å². The van der Waals surface area contributed by atoms with Gasteiger partial charge in [0, 0.05) is 12.6 Å². The molecule has 0 saturated heterocycles. The average molecular weight is 204 g/mol. The molecule has 1 unspecified atom stereocenters. The van der Waals surface area contributed by atoms with Crippen LogP contribution in [-0.4, -0.2) is 18.8 Å². The highest BCUT2D eigenvalue weighted by molar-refractivity contribution is 5.77. The molecular weight excluding hydrogens is 184 g/mol. The third-order valence-corrected chi connectivity index (χ3v) is 3.18. The fourth-order valence-electron chi connectivity index (χ4n) is 2.46. The fourth-order valence-corrected chi connectivity index (χ4v) is 2.46. The number of rotatable bonds is 0. The second-order valence-electron chi connectivity index (χ2n) is 5.27. The topological polar surface area (TPSA) is 6.48 Å². The Morgan fingerprint density at radius 3 is 2.13 bits per heavy atom. The van der Waals surface area contributed by atoms with Crippen molar-refractivity contribution in [2.24, 2.45) is 0 Å². The third-order valence-electron chi connectivity index (χ3n) is 3.18. The van der Waals surface area contributed by atoms with E-state index in [-0.39, 0.29) is 5.54 Å². The standard InChI is InChI=1S/C13H20N2/c1-10-14(5)11-8-6-7-9-12(11)15(10)13(2,3)4/h6-10H,1-5H3. The lowest BCUT2D eigenvalue weighted by Gasteiger charge is -2.39. The van der Waals surface area contributed by atoms with Crippen LogP contribution in [0.4, 0.5) is 11.4 Å². The number of fused-ring (bicyclic) bond motifs is 1. The summed E-state index contributed by atoms with van der Waals surface area (Å²) in [5.74, 6) is 0. The van der Waals surface area contributed by atoms with Crippen molar-refractivity contribution in [1.82, 2.24) is 0 Å². The highest BCUT2D eigenvalue weighted by atomic mass is 15.4. The Morgan fingerprint density at radius 1 is 1.07 bits per heavy atom. The Kier molecular flexibility index (Phi) is 2.18. The zero-order chi connectivity index (χ0) is 11.2. The molecular formula is C13H20N2. The summed E-state index contributed by atoms with van der Waals surface area (Å²) in [7, 11) is 2.16. The molecule has 0 radical (unpaired) electrons. The predicted octanol–water partition coefficient (Wildman–Crippen LogP) is 3.09. The minimum atomic E-state index is 0.167. The number of hydrogen-bond donors (Lipinski definition) is 0. The van der Waals surface area contributed by atoms with Gasteiger partial charge >= 0.3 is 0 Å². The molecule has 2 heteroatoms. The second kappa shape index (κ2) is 3.16. The van der Waals surface area contributed by atoms with Crippen LogP contribution in [0, 0.1) is 0 Å². The van der Waals surface area contributed by atoms with E-state index in [0.29, 0.717) is 6.17 Å². The van der Waals surface area contributed by atoms with E-state index in [1.165, 1.54) is 11.4 Å². The van der Waals surface area contributed by atoms with Gasteiger partial charge in [0.1, 0.15) is 0 Å². The van der Waals surface area contributed by atoms with E-state index in [1.54, 1.807) is 0 Å². The molecule has 0 saturated carbocycles. The quantitative estimate of drug-likeness (QED) is 0.640. The summed E-state index contributed by atoms with van der Waals surface area (Å²) in [4.78, 5) is 4.81. The SMILES string of the molecule is CC1N(C)c2ccccc2N1C(C)(C)C. The monoisotopic (exact) mass is 204 g/mol. The maximum Gasteiger partial charge on any atom is 0.0990 e. The lowest BCUT2D eigenvalue weighted by molar-refractivity contribution is 0.464. The summed E-state index contributed by atoms with van der Waals surface area (Å²) in [5.41, 5.74) is 2.85. The summed E-state index contributed by atoms with van der Waals surface area (Å²) in [5, 5.41) is 0. The molecule has 1 aliphatic heterocycles. The van der Waals surface area contributed by atoms with E-state index in [1.807, 2.05) is 0 Å². The van der Waals surface area contributed by atoms with E-state index >= 15 is 0 Å². The molecule has 0 aromatic heterocycles. The summed E-state index contributed by atoms with van der Waals surface area (Å²) in [6.45, 7) is 9.05. The maximum atomic E-state index is 2.47. The van der Waals surface area contributed by atoms with Crippen molar-refractivity contribution < 1.29 is 0 Å². The van der Waals surface area contributed by atoms with E-state index < -0.39 is 0 Å². The molecule has 0 amide bonds. The van der Waals surface area contributed by atoms with Crippen LogP contribution in [0.3, 0.4) is 0 Å². The van der Waals surface area contributed by atoms with Crippen molar-refractivity contribution in [3.8, 4) is 0 Å². The summed E-state index contributed by atoms with van der Waals surface area (Å²) in [6.07, 6.45) is 0.433. The molecule has 0 fully saturated rings. The second-order valence-corrected chi connectivity index (χ2v) is 5.27. The van der Waals surface area contributed by atoms with Crippen LogP contribution >= 0.6 is 0 Å². The van der Waals surface area contributed by atoms with Crippen molar-refractivity contribution in [2.45, 2.75) is 39.4 Å². The lowest BCUT2D eigenvalue weighted by Crippen LogP contribution is -2.49. The number of anilines is 2. The molecule has 15 heavy (non-hydrogen) atoms. The van der Waals surface area contributed by atoms with Gasteiger partial charge in [0.15, 0.2) is 0 Å². The Hall–Kier alpha value is -1.18. The summed E-state index contributed by atoms with van der Waals surface area (Å²) < 4.78 is 0. The van der Waals surface area contributed by atoms with Crippen molar-refractivity contribution in [3.63, 3.8) is 0 Å². The third kappa shape index (κ3) is 1.48. The van der Waals surface area contributed by atoms with Crippen molar-refractivity contribution in [3.05, 3.63) is 24.3 Å². The molecule has 1 aliphatic rings. The van der Waals surface area contributed by atoms with Gasteiger partial charge in [-0.1, -0.05) is 12.1 Å². The van der Waals surface area contributed by atoms with E-state index in [4.69, 9.17) is 0 Å². The first-order valence-corrected chi connectivity index (χ1v) is 5.54. The van der Waals surface area contributed by atoms with Gasteiger partial charge in [-0.25, -0.2) is 0 Å². The van der Waals surface area contributed by atoms with E-state index in [0.717, 1.165) is 0 Å².